The van der Waals surface area contributed by atoms with Crippen LogP contribution in [0.2, 0.25) is 0 Å². The summed E-state index contributed by atoms with van der Waals surface area (Å²) in [5.41, 5.74) is 0.685. The molecule has 7 nitrogen and oxygen atoms in total. The summed E-state index contributed by atoms with van der Waals surface area (Å²) < 4.78 is 16.5. The van der Waals surface area contributed by atoms with Crippen molar-refractivity contribution in [2.75, 3.05) is 6.54 Å². The van der Waals surface area contributed by atoms with Gasteiger partial charge in [0.25, 0.3) is 11.8 Å². The van der Waals surface area contributed by atoms with Gasteiger partial charge in [0.1, 0.15) is 5.58 Å². The fourth-order valence-corrected chi connectivity index (χ4v) is 2.75. The Kier molecular flexibility index (Phi) is 4.27. The molecule has 0 aliphatic rings. The van der Waals surface area contributed by atoms with Crippen LogP contribution in [0.15, 0.2) is 62.0 Å². The zero-order chi connectivity index (χ0) is 17.9. The first-order chi connectivity index (χ1) is 12.7. The zero-order valence-corrected chi connectivity index (χ0v) is 14.2. The second-order valence-corrected chi connectivity index (χ2v) is 5.85. The molecule has 0 aliphatic carbocycles. The molecule has 0 saturated carbocycles. The van der Waals surface area contributed by atoms with E-state index in [1.165, 1.54) is 6.26 Å². The summed E-state index contributed by atoms with van der Waals surface area (Å²) in [6.07, 6.45) is 2.33. The molecular formula is C19H17N3O4. The van der Waals surface area contributed by atoms with Crippen LogP contribution in [0.1, 0.15) is 29.8 Å². The van der Waals surface area contributed by atoms with Gasteiger partial charge in [0.15, 0.2) is 11.5 Å². The van der Waals surface area contributed by atoms with Crippen LogP contribution >= 0.6 is 0 Å². The van der Waals surface area contributed by atoms with Crippen molar-refractivity contribution in [3.63, 3.8) is 0 Å². The Morgan fingerprint density at radius 3 is 2.77 bits per heavy atom. The van der Waals surface area contributed by atoms with Crippen LogP contribution < -0.4 is 0 Å². The number of nitrogens with zero attached hydrogens (tertiary/aromatic N) is 3. The molecule has 3 heterocycles. The number of amides is 1. The lowest BCUT2D eigenvalue weighted by atomic mass is 10.2. The molecule has 0 N–H and O–H groups in total. The number of carbonyl (C=O) groups excluding carboxylic acids is 1. The molecule has 4 aromatic rings. The minimum absolute atomic E-state index is 0.206. The van der Waals surface area contributed by atoms with Gasteiger partial charge in [-0.25, -0.2) is 0 Å². The van der Waals surface area contributed by atoms with Gasteiger partial charge in [-0.3, -0.25) is 4.79 Å². The highest BCUT2D eigenvalue weighted by Crippen LogP contribution is 2.22. The van der Waals surface area contributed by atoms with Gasteiger partial charge in [-0.2, -0.15) is 0 Å². The van der Waals surface area contributed by atoms with Gasteiger partial charge in [0.05, 0.1) is 12.8 Å². The lowest BCUT2D eigenvalue weighted by molar-refractivity contribution is 0.0699. The second-order valence-electron chi connectivity index (χ2n) is 5.85. The Balaban J connectivity index is 1.56. The first kappa shape index (κ1) is 16.1. The topological polar surface area (TPSA) is 85.5 Å². The standard InChI is InChI=1S/C19H17N3O4/c1-2-9-22(12-17-20-21-18(26-17)15-8-5-10-24-15)19(23)16-11-13-6-3-4-7-14(13)25-16/h3-8,10-11H,2,9,12H2,1H3. The predicted molar refractivity (Wildman–Crippen MR) is 93.2 cm³/mol. The summed E-state index contributed by atoms with van der Waals surface area (Å²) >= 11 is 0. The van der Waals surface area contributed by atoms with Crippen molar-refractivity contribution in [1.29, 1.82) is 0 Å². The summed E-state index contributed by atoms with van der Waals surface area (Å²) in [6, 6.07) is 12.8. The molecule has 0 saturated heterocycles. The maximum absolute atomic E-state index is 12.9. The minimum Gasteiger partial charge on any atom is -0.459 e. The van der Waals surface area contributed by atoms with Gasteiger partial charge in [-0.15, -0.1) is 10.2 Å². The molecule has 0 fully saturated rings. The van der Waals surface area contributed by atoms with Gasteiger partial charge in [-0.05, 0) is 30.7 Å². The van der Waals surface area contributed by atoms with E-state index in [4.69, 9.17) is 13.3 Å². The van der Waals surface area contributed by atoms with Crippen LogP contribution in [0.5, 0.6) is 0 Å². The number of hydrogen-bond acceptors (Lipinski definition) is 6. The maximum atomic E-state index is 12.9. The molecule has 0 bridgehead atoms. The number of benzene rings is 1. The molecule has 1 aromatic carbocycles. The number of hydrogen-bond donors (Lipinski definition) is 0. The third-order valence-electron chi connectivity index (χ3n) is 3.94. The first-order valence-electron chi connectivity index (χ1n) is 8.38. The third-order valence-corrected chi connectivity index (χ3v) is 3.94. The highest BCUT2D eigenvalue weighted by molar-refractivity contribution is 5.96. The van der Waals surface area contributed by atoms with Crippen molar-refractivity contribution in [2.24, 2.45) is 0 Å². The van der Waals surface area contributed by atoms with Crippen molar-refractivity contribution >= 4 is 16.9 Å². The monoisotopic (exact) mass is 351 g/mol. The number of carbonyl (C=O) groups is 1. The smallest absolute Gasteiger partial charge is 0.290 e. The van der Waals surface area contributed by atoms with Crippen LogP contribution in [0.3, 0.4) is 0 Å². The van der Waals surface area contributed by atoms with E-state index in [2.05, 4.69) is 10.2 Å². The Morgan fingerprint density at radius 1 is 1.12 bits per heavy atom. The number of fused-ring (bicyclic) bond motifs is 1. The van der Waals surface area contributed by atoms with E-state index in [9.17, 15) is 4.79 Å². The normalized spacial score (nSPS) is 11.1. The quantitative estimate of drug-likeness (QED) is 0.519. The third kappa shape index (κ3) is 3.11. The van der Waals surface area contributed by atoms with Crippen LogP contribution in [0.4, 0.5) is 0 Å². The molecule has 7 heteroatoms. The van der Waals surface area contributed by atoms with E-state index in [-0.39, 0.29) is 18.3 Å². The van der Waals surface area contributed by atoms with Gasteiger partial charge < -0.3 is 18.2 Å². The van der Waals surface area contributed by atoms with Gasteiger partial charge in [0.2, 0.25) is 5.89 Å². The van der Waals surface area contributed by atoms with Crippen LogP contribution in [0.25, 0.3) is 22.6 Å². The van der Waals surface area contributed by atoms with Crippen molar-refractivity contribution in [3.8, 4) is 11.7 Å². The fraction of sp³-hybridized carbons (Fsp3) is 0.211. The van der Waals surface area contributed by atoms with E-state index in [0.29, 0.717) is 29.5 Å². The van der Waals surface area contributed by atoms with E-state index in [1.807, 2.05) is 31.2 Å². The fourth-order valence-electron chi connectivity index (χ4n) is 2.75. The van der Waals surface area contributed by atoms with Crippen molar-refractivity contribution < 1.29 is 18.0 Å². The van der Waals surface area contributed by atoms with Crippen molar-refractivity contribution in [2.45, 2.75) is 19.9 Å². The highest BCUT2D eigenvalue weighted by Gasteiger charge is 2.22. The SMILES string of the molecule is CCCN(Cc1nnc(-c2ccco2)o1)C(=O)c1cc2ccccc2o1. The zero-order valence-electron chi connectivity index (χ0n) is 14.2. The molecule has 0 atom stereocenters. The number of furan rings is 2. The molecule has 4 rings (SSSR count). The largest absolute Gasteiger partial charge is 0.459 e. The summed E-state index contributed by atoms with van der Waals surface area (Å²) in [4.78, 5) is 14.5. The number of para-hydroxylation sites is 1. The molecular weight excluding hydrogens is 334 g/mol. The van der Waals surface area contributed by atoms with Crippen LogP contribution in [-0.4, -0.2) is 27.5 Å². The van der Waals surface area contributed by atoms with Crippen LogP contribution in [0, 0.1) is 0 Å². The molecule has 0 radical (unpaired) electrons. The number of aromatic nitrogens is 2. The molecule has 132 valence electrons. The maximum Gasteiger partial charge on any atom is 0.290 e. The van der Waals surface area contributed by atoms with Gasteiger partial charge >= 0.3 is 0 Å². The predicted octanol–water partition coefficient (Wildman–Crippen LogP) is 4.13. The number of rotatable bonds is 6. The summed E-state index contributed by atoms with van der Waals surface area (Å²) in [6.45, 7) is 2.76. The van der Waals surface area contributed by atoms with Crippen molar-refractivity contribution in [3.05, 3.63) is 60.4 Å². The van der Waals surface area contributed by atoms with E-state index in [0.717, 1.165) is 11.8 Å². The molecule has 1 amide bonds. The lowest BCUT2D eigenvalue weighted by Gasteiger charge is -2.18. The van der Waals surface area contributed by atoms with Crippen LogP contribution in [-0.2, 0) is 6.54 Å². The van der Waals surface area contributed by atoms with E-state index in [1.54, 1.807) is 23.1 Å². The molecule has 0 aliphatic heterocycles. The average Bonchev–Trinajstić information content (AvgIpc) is 3.39. The summed E-state index contributed by atoms with van der Waals surface area (Å²) in [7, 11) is 0. The molecule has 26 heavy (non-hydrogen) atoms. The second kappa shape index (κ2) is 6.87. The molecule has 0 spiro atoms. The molecule has 0 unspecified atom stereocenters. The van der Waals surface area contributed by atoms with E-state index < -0.39 is 0 Å². The highest BCUT2D eigenvalue weighted by atomic mass is 16.4. The Labute approximate surface area is 149 Å². The summed E-state index contributed by atoms with van der Waals surface area (Å²) in [5.74, 6) is 1.22. The van der Waals surface area contributed by atoms with E-state index >= 15 is 0 Å². The Morgan fingerprint density at radius 2 is 2.00 bits per heavy atom. The first-order valence-corrected chi connectivity index (χ1v) is 8.38. The minimum atomic E-state index is -0.208. The Hall–Kier alpha value is -3.35. The lowest BCUT2D eigenvalue weighted by Crippen LogP contribution is -2.31. The Bertz CT molecular complexity index is 983. The van der Waals surface area contributed by atoms with Gasteiger partial charge in [-0.1, -0.05) is 25.1 Å². The average molecular weight is 351 g/mol. The van der Waals surface area contributed by atoms with Gasteiger partial charge in [0, 0.05) is 11.9 Å². The summed E-state index contributed by atoms with van der Waals surface area (Å²) in [5, 5.41) is 8.87. The van der Waals surface area contributed by atoms with Crippen molar-refractivity contribution in [1.82, 2.24) is 15.1 Å². The molecule has 3 aromatic heterocycles.